The van der Waals surface area contributed by atoms with E-state index in [4.69, 9.17) is 16.3 Å². The zero-order valence-electron chi connectivity index (χ0n) is 19.5. The molecule has 0 radical (unpaired) electrons. The van der Waals surface area contributed by atoms with Crippen LogP contribution in [0.2, 0.25) is 5.02 Å². The van der Waals surface area contributed by atoms with Gasteiger partial charge in [-0.15, -0.1) is 0 Å². The number of nitrogens with zero attached hydrogens (tertiary/aromatic N) is 3. The van der Waals surface area contributed by atoms with Crippen molar-refractivity contribution in [1.29, 1.82) is 0 Å². The van der Waals surface area contributed by atoms with Crippen molar-refractivity contribution in [2.75, 3.05) is 26.2 Å². The molecule has 0 N–H and O–H groups in total. The van der Waals surface area contributed by atoms with E-state index in [9.17, 15) is 0 Å². The number of hydrogen-bond donors (Lipinski definition) is 0. The van der Waals surface area contributed by atoms with E-state index in [0.717, 1.165) is 45.3 Å². The Morgan fingerprint density at radius 2 is 1.69 bits per heavy atom. The lowest BCUT2D eigenvalue weighted by atomic mass is 10.1. The lowest BCUT2D eigenvalue weighted by Crippen LogP contribution is -2.25. The Morgan fingerprint density at radius 3 is 2.43 bits per heavy atom. The third kappa shape index (κ3) is 6.08. The number of pyridine rings is 2. The average Bonchev–Trinajstić information content (AvgIpc) is 3.43. The fourth-order valence-electron chi connectivity index (χ4n) is 4.16. The molecule has 0 bridgehead atoms. The van der Waals surface area contributed by atoms with E-state index in [-0.39, 0.29) is 0 Å². The molecule has 4 nitrogen and oxygen atoms in total. The van der Waals surface area contributed by atoms with Crippen LogP contribution in [-0.4, -0.2) is 41.1 Å². The summed E-state index contributed by atoms with van der Waals surface area (Å²) in [6.45, 7) is 3.94. The Bertz CT molecular complexity index is 1320. The van der Waals surface area contributed by atoms with Crippen molar-refractivity contribution in [3.63, 3.8) is 0 Å². The second-order valence-corrected chi connectivity index (χ2v) is 8.95. The summed E-state index contributed by atoms with van der Waals surface area (Å²) in [5.74, 6) is 7.25. The van der Waals surface area contributed by atoms with Gasteiger partial charge in [-0.1, -0.05) is 41.8 Å². The second kappa shape index (κ2) is 11.2. The number of rotatable bonds is 6. The first-order chi connectivity index (χ1) is 17.2. The standard InChI is InChI=1S/C30H26ClN3O/c31-26-11-8-24(9-12-26)25-10-14-27(33-22-25)13-6-23-7-15-30(35-20-19-34-17-3-4-18-34)28(21-23)29-5-1-2-16-32-29/h1-2,5,7-12,14-16,21-22H,3-4,17-20H2. The van der Waals surface area contributed by atoms with Crippen LogP contribution in [-0.2, 0) is 0 Å². The Labute approximate surface area is 211 Å². The topological polar surface area (TPSA) is 38.2 Å². The van der Waals surface area contributed by atoms with Crippen molar-refractivity contribution < 1.29 is 4.74 Å². The van der Waals surface area contributed by atoms with Crippen LogP contribution in [0, 0.1) is 11.8 Å². The van der Waals surface area contributed by atoms with Crippen LogP contribution < -0.4 is 4.74 Å². The maximum Gasteiger partial charge on any atom is 0.128 e. The first-order valence-corrected chi connectivity index (χ1v) is 12.3. The third-order valence-corrected chi connectivity index (χ3v) is 6.31. The molecule has 2 aromatic carbocycles. The quantitative estimate of drug-likeness (QED) is 0.302. The number of likely N-dealkylation sites (tertiary alicyclic amines) is 1. The van der Waals surface area contributed by atoms with Crippen LogP contribution in [0.3, 0.4) is 0 Å². The van der Waals surface area contributed by atoms with E-state index in [0.29, 0.717) is 12.3 Å². The molecule has 174 valence electrons. The summed E-state index contributed by atoms with van der Waals surface area (Å²) in [6.07, 6.45) is 6.20. The fraction of sp³-hybridized carbons (Fsp3) is 0.200. The molecule has 0 atom stereocenters. The first kappa shape index (κ1) is 23.1. The summed E-state index contributed by atoms with van der Waals surface area (Å²) in [4.78, 5) is 11.5. The molecule has 5 rings (SSSR count). The van der Waals surface area contributed by atoms with Gasteiger partial charge in [0.2, 0.25) is 0 Å². The minimum atomic E-state index is 0.661. The summed E-state index contributed by atoms with van der Waals surface area (Å²) in [5.41, 5.74) is 5.53. The molecule has 0 spiro atoms. The van der Waals surface area contributed by atoms with Crippen molar-refractivity contribution in [2.24, 2.45) is 0 Å². The molecule has 35 heavy (non-hydrogen) atoms. The van der Waals surface area contributed by atoms with E-state index in [1.807, 2.05) is 79.0 Å². The molecule has 1 aliphatic rings. The highest BCUT2D eigenvalue weighted by Gasteiger charge is 2.13. The smallest absolute Gasteiger partial charge is 0.128 e. The maximum atomic E-state index is 6.18. The Balaban J connectivity index is 1.34. The number of benzene rings is 2. The number of hydrogen-bond acceptors (Lipinski definition) is 4. The predicted octanol–water partition coefficient (Wildman–Crippen LogP) is 6.34. The van der Waals surface area contributed by atoms with Crippen molar-refractivity contribution >= 4 is 11.6 Å². The summed E-state index contributed by atoms with van der Waals surface area (Å²) < 4.78 is 6.18. The maximum absolute atomic E-state index is 6.18. The van der Waals surface area contributed by atoms with E-state index < -0.39 is 0 Å². The lowest BCUT2D eigenvalue weighted by Gasteiger charge is -2.16. The van der Waals surface area contributed by atoms with Crippen LogP contribution >= 0.6 is 11.6 Å². The van der Waals surface area contributed by atoms with Crippen LogP contribution in [0.25, 0.3) is 22.4 Å². The predicted molar refractivity (Wildman–Crippen MR) is 142 cm³/mol. The van der Waals surface area contributed by atoms with E-state index in [1.54, 1.807) is 6.20 Å². The van der Waals surface area contributed by atoms with E-state index >= 15 is 0 Å². The monoisotopic (exact) mass is 479 g/mol. The SMILES string of the molecule is Clc1ccc(-c2ccc(C#Cc3ccc(OCCN4CCCC4)c(-c4ccccn4)c3)nc2)cc1. The fourth-order valence-corrected chi connectivity index (χ4v) is 4.29. The van der Waals surface area contributed by atoms with Gasteiger partial charge < -0.3 is 4.74 Å². The van der Waals surface area contributed by atoms with Crippen molar-refractivity contribution in [3.05, 3.63) is 101 Å². The zero-order chi connectivity index (χ0) is 23.9. The summed E-state index contributed by atoms with van der Waals surface area (Å²) in [7, 11) is 0. The van der Waals surface area contributed by atoms with Gasteiger partial charge in [-0.3, -0.25) is 9.88 Å². The molecule has 0 amide bonds. The van der Waals surface area contributed by atoms with Gasteiger partial charge in [0.05, 0.1) is 5.69 Å². The molecular weight excluding hydrogens is 454 g/mol. The van der Waals surface area contributed by atoms with Gasteiger partial charge in [-0.2, -0.15) is 0 Å². The highest BCUT2D eigenvalue weighted by molar-refractivity contribution is 6.30. The third-order valence-electron chi connectivity index (χ3n) is 6.06. The largest absolute Gasteiger partial charge is 0.492 e. The molecule has 3 heterocycles. The van der Waals surface area contributed by atoms with Crippen LogP contribution in [0.4, 0.5) is 0 Å². The van der Waals surface area contributed by atoms with Gasteiger partial charge >= 0.3 is 0 Å². The molecule has 0 unspecified atom stereocenters. The van der Waals surface area contributed by atoms with Crippen LogP contribution in [0.1, 0.15) is 24.1 Å². The molecule has 2 aromatic heterocycles. The summed E-state index contributed by atoms with van der Waals surface area (Å²) in [5, 5.41) is 0.720. The van der Waals surface area contributed by atoms with Crippen molar-refractivity contribution in [3.8, 4) is 40.0 Å². The van der Waals surface area contributed by atoms with Gasteiger partial charge in [-0.25, -0.2) is 4.98 Å². The number of aromatic nitrogens is 2. The summed E-state index contributed by atoms with van der Waals surface area (Å²) in [6, 6.07) is 23.6. The highest BCUT2D eigenvalue weighted by Crippen LogP contribution is 2.30. The Kier molecular flexibility index (Phi) is 7.38. The van der Waals surface area contributed by atoms with Crippen molar-refractivity contribution in [2.45, 2.75) is 12.8 Å². The molecule has 1 saturated heterocycles. The minimum Gasteiger partial charge on any atom is -0.492 e. The normalized spacial score (nSPS) is 13.3. The van der Waals surface area contributed by atoms with Gasteiger partial charge in [-0.05, 0) is 85.9 Å². The molecular formula is C30H26ClN3O. The van der Waals surface area contributed by atoms with Crippen LogP contribution in [0.5, 0.6) is 5.75 Å². The number of halogens is 1. The Hall–Kier alpha value is -3.65. The molecule has 1 aliphatic heterocycles. The Morgan fingerprint density at radius 1 is 0.857 bits per heavy atom. The molecule has 4 aromatic rings. The first-order valence-electron chi connectivity index (χ1n) is 11.9. The summed E-state index contributed by atoms with van der Waals surface area (Å²) >= 11 is 5.99. The molecule has 5 heteroatoms. The van der Waals surface area contributed by atoms with E-state index in [1.165, 1.54) is 25.9 Å². The highest BCUT2D eigenvalue weighted by atomic mass is 35.5. The molecule has 1 fully saturated rings. The zero-order valence-corrected chi connectivity index (χ0v) is 20.2. The average molecular weight is 480 g/mol. The van der Waals surface area contributed by atoms with Crippen molar-refractivity contribution in [1.82, 2.24) is 14.9 Å². The van der Waals surface area contributed by atoms with E-state index in [2.05, 4.69) is 26.7 Å². The van der Waals surface area contributed by atoms with Crippen LogP contribution in [0.15, 0.2) is 85.2 Å². The molecule has 0 aliphatic carbocycles. The lowest BCUT2D eigenvalue weighted by molar-refractivity contribution is 0.238. The van der Waals surface area contributed by atoms with Gasteiger partial charge in [0, 0.05) is 40.7 Å². The second-order valence-electron chi connectivity index (χ2n) is 8.51. The minimum absolute atomic E-state index is 0.661. The number of ether oxygens (including phenoxy) is 1. The van der Waals surface area contributed by atoms with Gasteiger partial charge in [0.25, 0.3) is 0 Å². The van der Waals surface area contributed by atoms with Gasteiger partial charge in [0.15, 0.2) is 0 Å². The molecule has 0 saturated carbocycles. The van der Waals surface area contributed by atoms with Gasteiger partial charge in [0.1, 0.15) is 18.1 Å².